The number of fused-ring (bicyclic) bond motifs is 1. The molecule has 1 heterocycles. The van der Waals surface area contributed by atoms with E-state index in [1.165, 1.54) is 12.1 Å². The Hall–Kier alpha value is -3.54. The number of hydrogen-bond acceptors (Lipinski definition) is 3. The molecule has 0 unspecified atom stereocenters. The van der Waals surface area contributed by atoms with Gasteiger partial charge in [0.2, 0.25) is 6.79 Å². The third-order valence-corrected chi connectivity index (χ3v) is 4.93. The van der Waals surface area contributed by atoms with Gasteiger partial charge in [-0.2, -0.15) is 0 Å². The van der Waals surface area contributed by atoms with Crippen molar-refractivity contribution < 1.29 is 18.7 Å². The number of halogens is 1. The van der Waals surface area contributed by atoms with Gasteiger partial charge in [-0.3, -0.25) is 0 Å². The SMILES string of the molecule is Cc1cccc(NC(=O)N[C@H](Cc2ccc(F)cc2)Cc2ccc3c(c2)OCO3)c1. The molecule has 0 radical (unpaired) electrons. The number of urea groups is 1. The molecule has 30 heavy (non-hydrogen) atoms. The molecule has 0 saturated carbocycles. The highest BCUT2D eigenvalue weighted by Crippen LogP contribution is 2.33. The maximum absolute atomic E-state index is 13.3. The van der Waals surface area contributed by atoms with Gasteiger partial charge in [0, 0.05) is 11.7 Å². The largest absolute Gasteiger partial charge is 0.454 e. The molecule has 2 amide bonds. The number of carbonyl (C=O) groups excluding carboxylic acids is 1. The van der Waals surface area contributed by atoms with Crippen LogP contribution in [0.5, 0.6) is 11.5 Å². The van der Waals surface area contributed by atoms with Crippen LogP contribution in [0, 0.1) is 12.7 Å². The zero-order chi connectivity index (χ0) is 20.9. The zero-order valence-electron chi connectivity index (χ0n) is 16.7. The van der Waals surface area contributed by atoms with Crippen LogP contribution in [0.1, 0.15) is 16.7 Å². The average molecular weight is 406 g/mol. The first-order valence-electron chi connectivity index (χ1n) is 9.82. The fraction of sp³-hybridized carbons (Fsp3) is 0.208. The summed E-state index contributed by atoms with van der Waals surface area (Å²) < 4.78 is 24.1. The molecule has 0 spiro atoms. The van der Waals surface area contributed by atoms with Gasteiger partial charge in [0.25, 0.3) is 0 Å². The van der Waals surface area contributed by atoms with Crippen molar-refractivity contribution in [1.29, 1.82) is 0 Å². The van der Waals surface area contributed by atoms with Crippen molar-refractivity contribution in [2.75, 3.05) is 12.1 Å². The van der Waals surface area contributed by atoms with Crippen molar-refractivity contribution in [3.63, 3.8) is 0 Å². The third-order valence-electron chi connectivity index (χ3n) is 4.93. The predicted molar refractivity (Wildman–Crippen MR) is 113 cm³/mol. The number of amides is 2. The van der Waals surface area contributed by atoms with Crippen LogP contribution < -0.4 is 20.1 Å². The lowest BCUT2D eigenvalue weighted by atomic mass is 9.98. The lowest BCUT2D eigenvalue weighted by Gasteiger charge is -2.20. The number of ether oxygens (including phenoxy) is 2. The predicted octanol–water partition coefficient (Wildman–Crippen LogP) is 4.84. The molecule has 4 rings (SSSR count). The van der Waals surface area contributed by atoms with Gasteiger partial charge < -0.3 is 20.1 Å². The molecule has 1 aliphatic heterocycles. The summed E-state index contributed by atoms with van der Waals surface area (Å²) in [5.41, 5.74) is 3.76. The number of aryl methyl sites for hydroxylation is 1. The average Bonchev–Trinajstić information content (AvgIpc) is 3.17. The molecule has 154 valence electrons. The van der Waals surface area contributed by atoms with E-state index in [2.05, 4.69) is 10.6 Å². The van der Waals surface area contributed by atoms with Crippen LogP contribution in [0.4, 0.5) is 14.9 Å². The second-order valence-corrected chi connectivity index (χ2v) is 7.39. The lowest BCUT2D eigenvalue weighted by Crippen LogP contribution is -2.40. The van der Waals surface area contributed by atoms with Crippen molar-refractivity contribution in [2.45, 2.75) is 25.8 Å². The van der Waals surface area contributed by atoms with Crippen molar-refractivity contribution in [1.82, 2.24) is 5.32 Å². The van der Waals surface area contributed by atoms with Crippen LogP contribution in [0.15, 0.2) is 66.7 Å². The Morgan fingerprint density at radius 3 is 2.50 bits per heavy atom. The normalized spacial score (nSPS) is 13.0. The van der Waals surface area contributed by atoms with Crippen LogP contribution in [0.2, 0.25) is 0 Å². The Labute approximate surface area is 174 Å². The number of benzene rings is 3. The molecule has 1 atom stereocenters. The van der Waals surface area contributed by atoms with Gasteiger partial charge in [0.1, 0.15) is 5.82 Å². The van der Waals surface area contributed by atoms with Crippen LogP contribution in [0.3, 0.4) is 0 Å². The zero-order valence-corrected chi connectivity index (χ0v) is 16.7. The molecular formula is C24H23FN2O3. The van der Waals surface area contributed by atoms with Crippen LogP contribution in [0.25, 0.3) is 0 Å². The molecule has 3 aromatic carbocycles. The van der Waals surface area contributed by atoms with E-state index in [1.807, 2.05) is 49.4 Å². The summed E-state index contributed by atoms with van der Waals surface area (Å²) in [5.74, 6) is 1.15. The van der Waals surface area contributed by atoms with Crippen LogP contribution >= 0.6 is 0 Å². The standard InChI is InChI=1S/C24H23FN2O3/c1-16-3-2-4-20(11-16)26-24(28)27-21(12-17-5-8-19(25)9-6-17)13-18-7-10-22-23(14-18)30-15-29-22/h2-11,14,21H,12-13,15H2,1H3,(H2,26,27,28)/t21-/m1/s1. The van der Waals surface area contributed by atoms with Crippen molar-refractivity contribution in [3.8, 4) is 11.5 Å². The highest BCUT2D eigenvalue weighted by atomic mass is 19.1. The van der Waals surface area contributed by atoms with Crippen molar-refractivity contribution in [2.24, 2.45) is 0 Å². The fourth-order valence-corrected chi connectivity index (χ4v) is 3.51. The van der Waals surface area contributed by atoms with Gasteiger partial charge in [-0.1, -0.05) is 30.3 Å². The molecule has 1 aliphatic rings. The second kappa shape index (κ2) is 8.86. The summed E-state index contributed by atoms with van der Waals surface area (Å²) in [6.45, 7) is 2.19. The first-order valence-corrected chi connectivity index (χ1v) is 9.82. The Kier molecular flexibility index (Phi) is 5.84. The van der Waals surface area contributed by atoms with Crippen molar-refractivity contribution >= 4 is 11.7 Å². The van der Waals surface area contributed by atoms with E-state index < -0.39 is 0 Å². The summed E-state index contributed by atoms with van der Waals surface area (Å²) in [6.07, 6.45) is 1.16. The summed E-state index contributed by atoms with van der Waals surface area (Å²) in [7, 11) is 0. The Balaban J connectivity index is 1.48. The molecule has 3 aromatic rings. The molecule has 5 nitrogen and oxygen atoms in total. The molecule has 0 aliphatic carbocycles. The number of nitrogens with one attached hydrogen (secondary N) is 2. The molecule has 0 aromatic heterocycles. The minimum absolute atomic E-state index is 0.194. The van der Waals surface area contributed by atoms with E-state index in [9.17, 15) is 9.18 Å². The summed E-state index contributed by atoms with van der Waals surface area (Å²) >= 11 is 0. The molecular weight excluding hydrogens is 383 g/mol. The van der Waals surface area contributed by atoms with E-state index in [1.54, 1.807) is 12.1 Å². The second-order valence-electron chi connectivity index (χ2n) is 7.39. The first-order chi connectivity index (χ1) is 14.5. The molecule has 0 saturated heterocycles. The van der Waals surface area contributed by atoms with Crippen molar-refractivity contribution in [3.05, 3.63) is 89.2 Å². The van der Waals surface area contributed by atoms with E-state index in [0.717, 1.165) is 28.1 Å². The maximum atomic E-state index is 13.3. The highest BCUT2D eigenvalue weighted by Gasteiger charge is 2.18. The Bertz CT molecular complexity index is 1040. The lowest BCUT2D eigenvalue weighted by molar-refractivity contribution is 0.174. The third kappa shape index (κ3) is 5.08. The maximum Gasteiger partial charge on any atom is 0.319 e. The van der Waals surface area contributed by atoms with Gasteiger partial charge in [-0.25, -0.2) is 9.18 Å². The number of hydrogen-bond donors (Lipinski definition) is 2. The topological polar surface area (TPSA) is 59.6 Å². The summed E-state index contributed by atoms with van der Waals surface area (Å²) in [4.78, 5) is 12.6. The molecule has 2 N–H and O–H groups in total. The smallest absolute Gasteiger partial charge is 0.319 e. The minimum Gasteiger partial charge on any atom is -0.454 e. The number of carbonyl (C=O) groups is 1. The number of rotatable bonds is 6. The Morgan fingerprint density at radius 2 is 1.70 bits per heavy atom. The van der Waals surface area contributed by atoms with E-state index in [4.69, 9.17) is 9.47 Å². The monoisotopic (exact) mass is 406 g/mol. The fourth-order valence-electron chi connectivity index (χ4n) is 3.51. The molecule has 6 heteroatoms. The summed E-state index contributed by atoms with van der Waals surface area (Å²) in [6, 6.07) is 19.3. The quantitative estimate of drug-likeness (QED) is 0.616. The number of anilines is 1. The van der Waals surface area contributed by atoms with E-state index in [-0.39, 0.29) is 24.7 Å². The van der Waals surface area contributed by atoms with Gasteiger partial charge in [0.05, 0.1) is 0 Å². The molecule has 0 fully saturated rings. The van der Waals surface area contributed by atoms with Gasteiger partial charge >= 0.3 is 6.03 Å². The Morgan fingerprint density at radius 1 is 0.967 bits per heavy atom. The van der Waals surface area contributed by atoms with Gasteiger partial charge in [-0.05, 0) is 72.9 Å². The summed E-state index contributed by atoms with van der Waals surface area (Å²) in [5, 5.41) is 5.93. The molecule has 0 bridgehead atoms. The first kappa shape index (κ1) is 19.8. The van der Waals surface area contributed by atoms with E-state index in [0.29, 0.717) is 18.6 Å². The van der Waals surface area contributed by atoms with Gasteiger partial charge in [0.15, 0.2) is 11.5 Å². The highest BCUT2D eigenvalue weighted by molar-refractivity contribution is 5.89. The van der Waals surface area contributed by atoms with E-state index >= 15 is 0 Å². The van der Waals surface area contributed by atoms with Gasteiger partial charge in [-0.15, -0.1) is 0 Å². The van der Waals surface area contributed by atoms with Crippen LogP contribution in [-0.4, -0.2) is 18.9 Å². The minimum atomic E-state index is -0.284. The van der Waals surface area contributed by atoms with Crippen LogP contribution in [-0.2, 0) is 12.8 Å².